The van der Waals surface area contributed by atoms with Gasteiger partial charge in [0.15, 0.2) is 0 Å². The van der Waals surface area contributed by atoms with Crippen molar-refractivity contribution in [1.82, 2.24) is 0 Å². The fraction of sp³-hybridized carbons (Fsp3) is 0.100. The van der Waals surface area contributed by atoms with Crippen LogP contribution in [0.25, 0.3) is 0 Å². The van der Waals surface area contributed by atoms with Crippen molar-refractivity contribution in [2.45, 2.75) is 6.43 Å². The van der Waals surface area contributed by atoms with E-state index in [4.69, 9.17) is 0 Å². The first kappa shape index (κ1) is 11.7. The van der Waals surface area contributed by atoms with Crippen molar-refractivity contribution in [3.63, 3.8) is 0 Å². The first-order valence-corrected chi connectivity index (χ1v) is 4.73. The van der Waals surface area contributed by atoms with Crippen molar-refractivity contribution < 1.29 is 13.6 Å². The quantitative estimate of drug-likeness (QED) is 0.825. The van der Waals surface area contributed by atoms with Crippen molar-refractivity contribution >= 4 is 27.5 Å². The van der Waals surface area contributed by atoms with E-state index in [1.807, 2.05) is 0 Å². The highest BCUT2D eigenvalue weighted by Gasteiger charge is 2.06. The average Bonchev–Trinajstić information content (AvgIpc) is 2.18. The number of hydrogen-bond donors (Lipinski definition) is 1. The van der Waals surface area contributed by atoms with Crippen LogP contribution in [0.15, 0.2) is 24.3 Å². The van der Waals surface area contributed by atoms with Gasteiger partial charge in [0.1, 0.15) is 0 Å². The van der Waals surface area contributed by atoms with E-state index in [1.165, 1.54) is 24.3 Å². The van der Waals surface area contributed by atoms with Gasteiger partial charge in [-0.05, 0) is 17.0 Å². The molecule has 0 aliphatic heterocycles. The first-order valence-electron chi connectivity index (χ1n) is 3.94. The van der Waals surface area contributed by atoms with Gasteiger partial charge < -0.3 is 5.32 Å². The number of rotatable bonds is 2. The van der Waals surface area contributed by atoms with Crippen LogP contribution in [0.5, 0.6) is 0 Å². The number of halogens is 3. The summed E-state index contributed by atoms with van der Waals surface area (Å²) in [5.74, 6) is 1.70. The summed E-state index contributed by atoms with van der Waals surface area (Å²) in [6.45, 7) is 0. The average molecular weight is 274 g/mol. The smallest absolute Gasteiger partial charge is 0.301 e. The van der Waals surface area contributed by atoms with E-state index in [0.29, 0.717) is 5.69 Å². The van der Waals surface area contributed by atoms with Gasteiger partial charge in [-0.25, -0.2) is 8.78 Å². The molecule has 1 aromatic rings. The van der Waals surface area contributed by atoms with Crippen LogP contribution in [0, 0.1) is 10.8 Å². The van der Waals surface area contributed by atoms with Crippen LogP contribution in [-0.2, 0) is 4.79 Å². The monoisotopic (exact) mass is 273 g/mol. The molecule has 5 heteroatoms. The standard InChI is InChI=1S/C10H6BrF2NO/c11-6-5-9(15)14-8-3-1-7(2-4-8)10(12)13/h1-4,10H,(H,14,15). The molecule has 0 aromatic heterocycles. The minimum absolute atomic E-state index is 0.0837. The highest BCUT2D eigenvalue weighted by molar-refractivity contribution is 9.12. The van der Waals surface area contributed by atoms with Gasteiger partial charge in [-0.15, -0.1) is 0 Å². The summed E-state index contributed by atoms with van der Waals surface area (Å²) in [5.41, 5.74) is 0.347. The Labute approximate surface area is 93.8 Å². The molecule has 1 amide bonds. The fourth-order valence-electron chi connectivity index (χ4n) is 0.917. The Morgan fingerprint density at radius 1 is 1.33 bits per heavy atom. The summed E-state index contributed by atoms with van der Waals surface area (Å²) in [6, 6.07) is 5.30. The van der Waals surface area contributed by atoms with E-state index in [2.05, 4.69) is 32.0 Å². The third-order valence-corrected chi connectivity index (χ3v) is 1.78. The van der Waals surface area contributed by atoms with E-state index >= 15 is 0 Å². The van der Waals surface area contributed by atoms with Gasteiger partial charge >= 0.3 is 5.91 Å². The number of benzene rings is 1. The molecule has 0 aliphatic rings. The largest absolute Gasteiger partial charge is 0.315 e. The Morgan fingerprint density at radius 3 is 2.40 bits per heavy atom. The SMILES string of the molecule is O=C(C#CBr)Nc1ccc(C(F)F)cc1. The van der Waals surface area contributed by atoms with Crippen molar-refractivity contribution in [2.24, 2.45) is 0 Å². The lowest BCUT2D eigenvalue weighted by Gasteiger charge is -2.02. The van der Waals surface area contributed by atoms with Gasteiger partial charge in [-0.3, -0.25) is 4.79 Å². The summed E-state index contributed by atoms with van der Waals surface area (Å²) < 4.78 is 24.3. The van der Waals surface area contributed by atoms with Crippen LogP contribution < -0.4 is 5.32 Å². The molecule has 1 N–H and O–H groups in total. The number of alkyl halides is 2. The molecule has 15 heavy (non-hydrogen) atoms. The van der Waals surface area contributed by atoms with Crippen LogP contribution in [0.3, 0.4) is 0 Å². The Balaban J connectivity index is 2.71. The molecule has 0 spiro atoms. The number of anilines is 1. The zero-order valence-corrected chi connectivity index (χ0v) is 9.01. The molecule has 2 nitrogen and oxygen atoms in total. The van der Waals surface area contributed by atoms with Gasteiger partial charge in [-0.1, -0.05) is 12.1 Å². The molecule has 0 atom stereocenters. The lowest BCUT2D eigenvalue weighted by atomic mass is 10.2. The second-order valence-corrected chi connectivity index (χ2v) is 2.99. The predicted molar refractivity (Wildman–Crippen MR) is 56.7 cm³/mol. The summed E-state index contributed by atoms with van der Waals surface area (Å²) >= 11 is 2.77. The maximum Gasteiger partial charge on any atom is 0.301 e. The molecule has 78 valence electrons. The van der Waals surface area contributed by atoms with Crippen LogP contribution >= 0.6 is 15.9 Å². The fourth-order valence-corrected chi connectivity index (χ4v) is 1.10. The highest BCUT2D eigenvalue weighted by atomic mass is 79.9. The number of carbonyl (C=O) groups excluding carboxylic acids is 1. The van der Waals surface area contributed by atoms with Gasteiger partial charge in [0.05, 0.1) is 0 Å². The Kier molecular flexibility index (Phi) is 4.25. The summed E-state index contributed by atoms with van der Waals surface area (Å²) in [4.78, 5) is 13.2. The lowest BCUT2D eigenvalue weighted by molar-refractivity contribution is -0.111. The molecule has 0 radical (unpaired) electrons. The van der Waals surface area contributed by atoms with Crippen LogP contribution in [0.4, 0.5) is 14.5 Å². The number of hydrogen-bond acceptors (Lipinski definition) is 1. The third-order valence-electron chi connectivity index (χ3n) is 1.58. The Bertz CT molecular complexity index is 406. The third kappa shape index (κ3) is 3.68. The summed E-state index contributed by atoms with van der Waals surface area (Å²) in [5, 5.41) is 2.42. The van der Waals surface area contributed by atoms with Gasteiger partial charge in [0, 0.05) is 33.1 Å². The first-order chi connectivity index (χ1) is 7.13. The molecule has 0 saturated carbocycles. The number of amides is 1. The minimum Gasteiger partial charge on any atom is -0.315 e. The van der Waals surface area contributed by atoms with Crippen molar-refractivity contribution in [2.75, 3.05) is 5.32 Å². The highest BCUT2D eigenvalue weighted by Crippen LogP contribution is 2.20. The molecule has 1 rings (SSSR count). The number of nitrogens with one attached hydrogen (secondary N) is 1. The summed E-state index contributed by atoms with van der Waals surface area (Å²) in [7, 11) is 0. The van der Waals surface area contributed by atoms with E-state index in [0.717, 1.165) is 0 Å². The van der Waals surface area contributed by atoms with Crippen molar-refractivity contribution in [1.29, 1.82) is 0 Å². The maximum absolute atomic E-state index is 12.2. The predicted octanol–water partition coefficient (Wildman–Crippen LogP) is 2.92. The molecule has 0 heterocycles. The van der Waals surface area contributed by atoms with E-state index in [1.54, 1.807) is 0 Å². The normalized spacial score (nSPS) is 9.33. The van der Waals surface area contributed by atoms with Gasteiger partial charge in [-0.2, -0.15) is 0 Å². The van der Waals surface area contributed by atoms with E-state index in [-0.39, 0.29) is 5.56 Å². The molecular formula is C10H6BrF2NO. The van der Waals surface area contributed by atoms with Crippen LogP contribution in [0.1, 0.15) is 12.0 Å². The second kappa shape index (κ2) is 5.47. The number of carbonyl (C=O) groups is 1. The zero-order valence-electron chi connectivity index (χ0n) is 7.43. The second-order valence-electron chi connectivity index (χ2n) is 2.60. The van der Waals surface area contributed by atoms with Crippen LogP contribution in [-0.4, -0.2) is 5.91 Å². The van der Waals surface area contributed by atoms with E-state index < -0.39 is 12.3 Å². The van der Waals surface area contributed by atoms with Gasteiger partial charge in [0.25, 0.3) is 6.43 Å². The Morgan fingerprint density at radius 2 is 1.93 bits per heavy atom. The van der Waals surface area contributed by atoms with Crippen molar-refractivity contribution in [3.05, 3.63) is 29.8 Å². The van der Waals surface area contributed by atoms with Crippen LogP contribution in [0.2, 0.25) is 0 Å². The van der Waals surface area contributed by atoms with Crippen molar-refractivity contribution in [3.8, 4) is 10.8 Å². The molecule has 0 saturated heterocycles. The molecule has 0 bridgehead atoms. The maximum atomic E-state index is 12.2. The molecule has 0 unspecified atom stereocenters. The minimum atomic E-state index is -2.50. The Hall–Kier alpha value is -1.41. The van der Waals surface area contributed by atoms with E-state index in [9.17, 15) is 13.6 Å². The molecule has 1 aromatic carbocycles. The molecule has 0 fully saturated rings. The molecular weight excluding hydrogens is 268 g/mol. The summed E-state index contributed by atoms with van der Waals surface area (Å²) in [6.07, 6.45) is -2.50. The zero-order chi connectivity index (χ0) is 11.3. The topological polar surface area (TPSA) is 29.1 Å². The lowest BCUT2D eigenvalue weighted by Crippen LogP contribution is -2.07. The molecule has 0 aliphatic carbocycles. The van der Waals surface area contributed by atoms with Gasteiger partial charge in [0.2, 0.25) is 0 Å².